The van der Waals surface area contributed by atoms with Crippen molar-refractivity contribution in [3.05, 3.63) is 89.0 Å². The number of fused-ring (bicyclic) bond motifs is 1. The second kappa shape index (κ2) is 12.6. The maximum absolute atomic E-state index is 14.7. The van der Waals surface area contributed by atoms with Crippen molar-refractivity contribution >= 4 is 29.3 Å². The zero-order valence-electron chi connectivity index (χ0n) is 24.0. The van der Waals surface area contributed by atoms with Crippen molar-refractivity contribution in [1.29, 1.82) is 0 Å². The Hall–Kier alpha value is -4.51. The summed E-state index contributed by atoms with van der Waals surface area (Å²) in [5, 5.41) is 7.94. The summed E-state index contributed by atoms with van der Waals surface area (Å²) >= 11 is 5.94. The molecule has 3 heterocycles. The minimum Gasteiger partial charge on any atom is -0.469 e. The Morgan fingerprint density at radius 3 is 2.55 bits per heavy atom. The van der Waals surface area contributed by atoms with Crippen molar-refractivity contribution in [2.24, 2.45) is 11.8 Å². The lowest BCUT2D eigenvalue weighted by atomic mass is 9.77. The van der Waals surface area contributed by atoms with Gasteiger partial charge in [0, 0.05) is 30.9 Å². The van der Waals surface area contributed by atoms with Gasteiger partial charge >= 0.3 is 5.97 Å². The van der Waals surface area contributed by atoms with Crippen LogP contribution in [-0.4, -0.2) is 61.2 Å². The van der Waals surface area contributed by atoms with E-state index < -0.39 is 17.8 Å². The maximum Gasteiger partial charge on any atom is 0.308 e. The molecular weight excluding hydrogens is 587 g/mol. The first kappa shape index (κ1) is 29.6. The van der Waals surface area contributed by atoms with Crippen LogP contribution in [0.5, 0.6) is 0 Å². The summed E-state index contributed by atoms with van der Waals surface area (Å²) in [4.78, 5) is 50.1. The number of ketones is 1. The molecule has 1 saturated carbocycles. The molecule has 1 aliphatic carbocycles. The van der Waals surface area contributed by atoms with Gasteiger partial charge in [-0.15, -0.1) is 5.10 Å². The van der Waals surface area contributed by atoms with Gasteiger partial charge in [-0.2, -0.15) is 0 Å². The molecule has 44 heavy (non-hydrogen) atoms. The van der Waals surface area contributed by atoms with Crippen molar-refractivity contribution in [2.75, 3.05) is 13.7 Å². The monoisotopic (exact) mass is 616 g/mol. The average Bonchev–Trinajstić information content (AvgIpc) is 3.55. The molecule has 226 valence electrons. The number of Topliss-reactive ketones (excluding diaryl/α,β-unsaturated/α-hetero) is 1. The van der Waals surface area contributed by atoms with E-state index in [1.165, 1.54) is 31.8 Å². The highest BCUT2D eigenvalue weighted by atomic mass is 35.5. The molecule has 6 rings (SSSR count). The lowest BCUT2D eigenvalue weighted by Crippen LogP contribution is -2.44. The predicted molar refractivity (Wildman–Crippen MR) is 158 cm³/mol. The highest BCUT2D eigenvalue weighted by Gasteiger charge is 2.39. The van der Waals surface area contributed by atoms with Crippen LogP contribution in [-0.2, 0) is 20.7 Å². The standard InChI is InChI=1S/C32H30ClFN6O4/c1-44-32(43)20-10-8-19(9-11-20)14-28(41)30-24-5-2-4-22(21-15-35-18-36-16-21)23(24)12-13-39(30)31(42)26-17-40(38-37-26)27-7-3-6-25(33)29(27)34/h2-7,15-20,30H,8-14H2,1H3. The topological polar surface area (TPSA) is 120 Å². The molecule has 10 nitrogen and oxygen atoms in total. The van der Waals surface area contributed by atoms with Crippen LogP contribution >= 0.6 is 11.6 Å². The first-order valence-electron chi connectivity index (χ1n) is 14.5. The number of esters is 1. The van der Waals surface area contributed by atoms with Gasteiger partial charge in [0.1, 0.15) is 18.1 Å². The smallest absolute Gasteiger partial charge is 0.308 e. The number of aromatic nitrogens is 5. The Morgan fingerprint density at radius 1 is 1.05 bits per heavy atom. The minimum absolute atomic E-state index is 0.0168. The number of nitrogens with zero attached hydrogens (tertiary/aromatic N) is 6. The Kier molecular flexibility index (Phi) is 8.47. The van der Waals surface area contributed by atoms with Gasteiger partial charge in [-0.05, 0) is 66.8 Å². The number of methoxy groups -OCH3 is 1. The number of halogens is 2. The second-order valence-corrected chi connectivity index (χ2v) is 11.6. The SMILES string of the molecule is COC(=O)C1CCC(CC(=O)C2c3cccc(-c4cncnc4)c3CCN2C(=O)c2cn(-c3cccc(Cl)c3F)nn2)CC1. The normalized spacial score (nSPS) is 19.7. The van der Waals surface area contributed by atoms with Gasteiger partial charge in [0.05, 0.1) is 24.2 Å². The molecule has 0 radical (unpaired) electrons. The van der Waals surface area contributed by atoms with Crippen LogP contribution in [0.1, 0.15) is 59.8 Å². The zero-order valence-corrected chi connectivity index (χ0v) is 24.8. The number of hydrogen-bond donors (Lipinski definition) is 0. The largest absolute Gasteiger partial charge is 0.469 e. The number of benzene rings is 2. The molecule has 1 fully saturated rings. The van der Waals surface area contributed by atoms with Crippen molar-refractivity contribution < 1.29 is 23.5 Å². The van der Waals surface area contributed by atoms with Gasteiger partial charge in [0.25, 0.3) is 5.91 Å². The summed E-state index contributed by atoms with van der Waals surface area (Å²) in [5.74, 6) is -1.53. The molecule has 1 amide bonds. The first-order valence-corrected chi connectivity index (χ1v) is 14.9. The number of rotatable bonds is 7. The molecule has 1 aliphatic heterocycles. The van der Waals surface area contributed by atoms with Crippen molar-refractivity contribution in [3.8, 4) is 16.8 Å². The van der Waals surface area contributed by atoms with Gasteiger partial charge in [0.2, 0.25) is 0 Å². The zero-order chi connectivity index (χ0) is 30.8. The van der Waals surface area contributed by atoms with E-state index in [9.17, 15) is 18.8 Å². The number of hydrogen-bond acceptors (Lipinski definition) is 8. The molecule has 1 atom stereocenters. The molecule has 4 aromatic rings. The summed E-state index contributed by atoms with van der Waals surface area (Å²) in [6.07, 6.45) is 9.79. The first-order chi connectivity index (χ1) is 21.4. The van der Waals surface area contributed by atoms with E-state index in [2.05, 4.69) is 20.3 Å². The van der Waals surface area contributed by atoms with Crippen LogP contribution in [0.15, 0.2) is 61.3 Å². The van der Waals surface area contributed by atoms with Gasteiger partial charge in [-0.25, -0.2) is 19.0 Å². The molecule has 2 aromatic heterocycles. The van der Waals surface area contributed by atoms with Gasteiger partial charge in [-0.1, -0.05) is 41.1 Å². The third-order valence-corrected chi connectivity index (χ3v) is 8.91. The lowest BCUT2D eigenvalue weighted by Gasteiger charge is -2.38. The van der Waals surface area contributed by atoms with Crippen molar-refractivity contribution in [2.45, 2.75) is 44.6 Å². The van der Waals surface area contributed by atoms with E-state index in [4.69, 9.17) is 16.3 Å². The van der Waals surface area contributed by atoms with E-state index in [1.54, 1.807) is 23.4 Å². The van der Waals surface area contributed by atoms with Crippen molar-refractivity contribution in [1.82, 2.24) is 29.9 Å². The molecule has 12 heteroatoms. The molecule has 2 aliphatic rings. The van der Waals surface area contributed by atoms with Gasteiger partial charge in [0.15, 0.2) is 17.3 Å². The molecular formula is C32H30ClFN6O4. The summed E-state index contributed by atoms with van der Waals surface area (Å²) in [6.45, 7) is 0.264. The average molecular weight is 617 g/mol. The second-order valence-electron chi connectivity index (χ2n) is 11.2. The molecule has 0 spiro atoms. The Bertz CT molecular complexity index is 1710. The van der Waals surface area contributed by atoms with E-state index in [0.29, 0.717) is 19.3 Å². The van der Waals surface area contributed by atoms with Crippen molar-refractivity contribution in [3.63, 3.8) is 0 Å². The fraction of sp³-hybridized carbons (Fsp3) is 0.344. The van der Waals surface area contributed by atoms with Gasteiger partial charge < -0.3 is 9.64 Å². The Balaban J connectivity index is 1.32. The fourth-order valence-electron chi connectivity index (χ4n) is 6.40. The summed E-state index contributed by atoms with van der Waals surface area (Å²) in [6, 6.07) is 9.35. The Morgan fingerprint density at radius 2 is 1.80 bits per heavy atom. The minimum atomic E-state index is -0.859. The summed E-state index contributed by atoms with van der Waals surface area (Å²) in [7, 11) is 1.39. The molecule has 2 aromatic carbocycles. The predicted octanol–water partition coefficient (Wildman–Crippen LogP) is 5.20. The highest BCUT2D eigenvalue weighted by molar-refractivity contribution is 6.30. The van der Waals surface area contributed by atoms with E-state index >= 15 is 0 Å². The molecule has 0 N–H and O–H groups in total. The third kappa shape index (κ3) is 5.71. The number of carbonyl (C=O) groups excluding carboxylic acids is 3. The van der Waals surface area contributed by atoms with E-state index in [-0.39, 0.29) is 53.0 Å². The van der Waals surface area contributed by atoms with Crippen LogP contribution in [0.25, 0.3) is 16.8 Å². The Labute approximate surface area is 258 Å². The number of ether oxygens (including phenoxy) is 1. The number of amides is 1. The highest BCUT2D eigenvalue weighted by Crippen LogP contribution is 2.40. The number of carbonyl (C=O) groups is 3. The van der Waals surface area contributed by atoms with Crippen LogP contribution in [0.3, 0.4) is 0 Å². The summed E-state index contributed by atoms with van der Waals surface area (Å²) in [5.41, 5.74) is 3.47. The fourth-order valence-corrected chi connectivity index (χ4v) is 6.57. The van der Waals surface area contributed by atoms with Crippen LogP contribution in [0.4, 0.5) is 4.39 Å². The van der Waals surface area contributed by atoms with E-state index in [0.717, 1.165) is 39.8 Å². The van der Waals surface area contributed by atoms with E-state index in [1.807, 2.05) is 18.2 Å². The van der Waals surface area contributed by atoms with Crippen LogP contribution in [0, 0.1) is 17.7 Å². The lowest BCUT2D eigenvalue weighted by molar-refractivity contribution is -0.146. The van der Waals surface area contributed by atoms with Gasteiger partial charge in [-0.3, -0.25) is 14.4 Å². The van der Waals surface area contributed by atoms with Crippen LogP contribution < -0.4 is 0 Å². The quantitative estimate of drug-likeness (QED) is 0.260. The third-order valence-electron chi connectivity index (χ3n) is 8.62. The van der Waals surface area contributed by atoms with Crippen LogP contribution in [0.2, 0.25) is 5.02 Å². The molecule has 0 bridgehead atoms. The summed E-state index contributed by atoms with van der Waals surface area (Å²) < 4.78 is 20.8. The maximum atomic E-state index is 14.7. The molecule has 1 unspecified atom stereocenters. The molecule has 0 saturated heterocycles.